The first-order valence-electron chi connectivity index (χ1n) is 15.4. The zero-order valence-corrected chi connectivity index (χ0v) is 25.3. The number of benzene rings is 6. The third-order valence-corrected chi connectivity index (χ3v) is 11.1. The molecule has 0 bridgehead atoms. The van der Waals surface area contributed by atoms with Gasteiger partial charge in [-0.25, -0.2) is 4.98 Å². The molecule has 45 heavy (non-hydrogen) atoms. The summed E-state index contributed by atoms with van der Waals surface area (Å²) in [5.74, 6) is 1.06. The molecule has 0 amide bonds. The van der Waals surface area contributed by atoms with Crippen LogP contribution in [0.5, 0.6) is 0 Å². The fourth-order valence-corrected chi connectivity index (χ4v) is 9.50. The Morgan fingerprint density at radius 3 is 2.27 bits per heavy atom. The molecule has 3 nitrogen and oxygen atoms in total. The van der Waals surface area contributed by atoms with E-state index < -0.39 is 5.41 Å². The summed E-state index contributed by atoms with van der Waals surface area (Å²) in [5.41, 5.74) is 13.8. The van der Waals surface area contributed by atoms with E-state index in [4.69, 9.17) is 4.98 Å². The largest absolute Gasteiger partial charge is 0.296 e. The van der Waals surface area contributed by atoms with Crippen LogP contribution in [0.4, 0.5) is 0 Å². The molecule has 0 saturated heterocycles. The molecule has 0 saturated carbocycles. The summed E-state index contributed by atoms with van der Waals surface area (Å²) in [6.07, 6.45) is 0.841. The van der Waals surface area contributed by atoms with Gasteiger partial charge in [0.2, 0.25) is 0 Å². The maximum absolute atomic E-state index is 10.2. The molecular formula is C41H25N3S. The molecule has 2 heterocycles. The van der Waals surface area contributed by atoms with Gasteiger partial charge in [0.05, 0.1) is 28.1 Å². The molecule has 210 valence electrons. The summed E-state index contributed by atoms with van der Waals surface area (Å²) in [7, 11) is 0. The molecule has 1 spiro atoms. The van der Waals surface area contributed by atoms with Gasteiger partial charge >= 0.3 is 0 Å². The van der Waals surface area contributed by atoms with Gasteiger partial charge in [0, 0.05) is 32.3 Å². The van der Waals surface area contributed by atoms with Gasteiger partial charge < -0.3 is 0 Å². The van der Waals surface area contributed by atoms with E-state index in [1.807, 2.05) is 12.1 Å². The van der Waals surface area contributed by atoms with E-state index in [-0.39, 0.29) is 0 Å². The van der Waals surface area contributed by atoms with Crippen LogP contribution >= 0.6 is 11.3 Å². The Labute approximate surface area is 264 Å². The number of rotatable bonds is 2. The zero-order valence-electron chi connectivity index (χ0n) is 24.5. The number of para-hydroxylation sites is 2. The molecule has 10 rings (SSSR count). The molecule has 0 fully saturated rings. The quantitative estimate of drug-likeness (QED) is 0.201. The van der Waals surface area contributed by atoms with E-state index in [0.717, 1.165) is 44.6 Å². The predicted molar refractivity (Wildman–Crippen MR) is 184 cm³/mol. The number of nitriles is 1. The maximum atomic E-state index is 10.2. The molecule has 4 heteroatoms. The van der Waals surface area contributed by atoms with E-state index in [0.29, 0.717) is 0 Å². The van der Waals surface area contributed by atoms with Crippen molar-refractivity contribution < 1.29 is 0 Å². The van der Waals surface area contributed by atoms with Crippen LogP contribution in [0, 0.1) is 11.3 Å². The minimum atomic E-state index is -0.485. The Morgan fingerprint density at radius 2 is 1.42 bits per heavy atom. The fraction of sp³-hybridized carbons (Fsp3) is 0.0732. The number of hydrogen-bond donors (Lipinski definition) is 0. The highest BCUT2D eigenvalue weighted by atomic mass is 32.1. The average molecular weight is 592 g/mol. The lowest BCUT2D eigenvalue weighted by Gasteiger charge is -2.31. The van der Waals surface area contributed by atoms with E-state index in [9.17, 15) is 5.26 Å². The van der Waals surface area contributed by atoms with Crippen LogP contribution < -0.4 is 0 Å². The lowest BCUT2D eigenvalue weighted by molar-refractivity contribution is 0.791. The van der Waals surface area contributed by atoms with Crippen molar-refractivity contribution in [3.05, 3.63) is 155 Å². The Hall–Kier alpha value is -5.50. The van der Waals surface area contributed by atoms with Crippen molar-refractivity contribution in [2.24, 2.45) is 0 Å². The van der Waals surface area contributed by atoms with Crippen LogP contribution in [0.15, 0.2) is 121 Å². The standard InChI is InChI=1S/C41H25N3S/c1-2-37-43-33-15-7-8-16-34(33)44(37)25-18-19-27-26-11-3-5-13-29(26)41(32(27)22-25)30-14-6-4-12-28(30)39-31(41)20-21-36-40(39)38-24(23-42)10-9-17-35(38)45-36/h3-22H,2H2,1H3. The van der Waals surface area contributed by atoms with Crippen molar-refractivity contribution >= 4 is 42.5 Å². The van der Waals surface area contributed by atoms with Crippen LogP contribution in [0.3, 0.4) is 0 Å². The lowest BCUT2D eigenvalue weighted by atomic mass is 9.70. The maximum Gasteiger partial charge on any atom is 0.114 e. The molecule has 1 unspecified atom stereocenters. The Kier molecular flexibility index (Phi) is 4.86. The Balaban J connectivity index is 1.37. The Bertz CT molecular complexity index is 2610. The average Bonchev–Trinajstić information content (AvgIpc) is 3.82. The second-order valence-electron chi connectivity index (χ2n) is 12.0. The molecular weight excluding hydrogens is 567 g/mol. The van der Waals surface area contributed by atoms with Gasteiger partial charge in [0.1, 0.15) is 5.82 Å². The van der Waals surface area contributed by atoms with Crippen molar-refractivity contribution in [1.82, 2.24) is 9.55 Å². The topological polar surface area (TPSA) is 41.6 Å². The van der Waals surface area contributed by atoms with Crippen LogP contribution in [-0.2, 0) is 11.8 Å². The number of hydrogen-bond acceptors (Lipinski definition) is 3. The van der Waals surface area contributed by atoms with Crippen molar-refractivity contribution in [1.29, 1.82) is 5.26 Å². The first-order valence-corrected chi connectivity index (χ1v) is 16.3. The highest BCUT2D eigenvalue weighted by molar-refractivity contribution is 7.26. The summed E-state index contributed by atoms with van der Waals surface area (Å²) in [6, 6.07) is 46.6. The van der Waals surface area contributed by atoms with Crippen LogP contribution in [0.1, 0.15) is 40.6 Å². The van der Waals surface area contributed by atoms with E-state index in [2.05, 4.69) is 127 Å². The summed E-state index contributed by atoms with van der Waals surface area (Å²) in [5, 5.41) is 12.5. The van der Waals surface area contributed by atoms with Crippen molar-refractivity contribution in [2.45, 2.75) is 18.8 Å². The van der Waals surface area contributed by atoms with Crippen LogP contribution in [0.25, 0.3) is 59.1 Å². The summed E-state index contributed by atoms with van der Waals surface area (Å²) < 4.78 is 4.71. The molecule has 2 aliphatic carbocycles. The molecule has 2 aromatic heterocycles. The summed E-state index contributed by atoms with van der Waals surface area (Å²) in [6.45, 7) is 2.18. The fourth-order valence-electron chi connectivity index (χ4n) is 8.36. The molecule has 2 aliphatic rings. The predicted octanol–water partition coefficient (Wildman–Crippen LogP) is 10.2. The highest BCUT2D eigenvalue weighted by Gasteiger charge is 2.52. The number of imidazole rings is 1. The molecule has 0 N–H and O–H groups in total. The van der Waals surface area contributed by atoms with Crippen LogP contribution in [0.2, 0.25) is 0 Å². The van der Waals surface area contributed by atoms with Gasteiger partial charge in [0.25, 0.3) is 0 Å². The second kappa shape index (κ2) is 8.79. The summed E-state index contributed by atoms with van der Waals surface area (Å²) in [4.78, 5) is 5.01. The number of aryl methyl sites for hydroxylation is 1. The molecule has 0 radical (unpaired) electrons. The highest BCUT2D eigenvalue weighted by Crippen LogP contribution is 2.64. The van der Waals surface area contributed by atoms with Crippen molar-refractivity contribution in [3.8, 4) is 34.0 Å². The van der Waals surface area contributed by atoms with E-state index in [1.54, 1.807) is 11.3 Å². The zero-order chi connectivity index (χ0) is 29.9. The lowest BCUT2D eigenvalue weighted by Crippen LogP contribution is -2.26. The number of fused-ring (bicyclic) bond motifs is 15. The van der Waals surface area contributed by atoms with Crippen molar-refractivity contribution in [2.75, 3.05) is 0 Å². The summed E-state index contributed by atoms with van der Waals surface area (Å²) >= 11 is 1.78. The normalized spacial score (nSPS) is 15.8. The number of nitrogens with zero attached hydrogens (tertiary/aromatic N) is 3. The van der Waals surface area contributed by atoms with Gasteiger partial charge in [0.15, 0.2) is 0 Å². The minimum Gasteiger partial charge on any atom is -0.296 e. The Morgan fingerprint density at radius 1 is 0.689 bits per heavy atom. The smallest absolute Gasteiger partial charge is 0.114 e. The molecule has 0 aliphatic heterocycles. The minimum absolute atomic E-state index is 0.485. The van der Waals surface area contributed by atoms with Gasteiger partial charge in [-0.2, -0.15) is 5.26 Å². The first kappa shape index (κ1) is 24.9. The molecule has 6 aromatic carbocycles. The van der Waals surface area contributed by atoms with Gasteiger partial charge in [-0.15, -0.1) is 11.3 Å². The first-order chi connectivity index (χ1) is 22.2. The van der Waals surface area contributed by atoms with Crippen molar-refractivity contribution in [3.63, 3.8) is 0 Å². The number of thiophene rings is 1. The van der Waals surface area contributed by atoms with Gasteiger partial charge in [-0.05, 0) is 87.0 Å². The van der Waals surface area contributed by atoms with Gasteiger partial charge in [-0.3, -0.25) is 4.57 Å². The van der Waals surface area contributed by atoms with Crippen LogP contribution in [-0.4, -0.2) is 9.55 Å². The van der Waals surface area contributed by atoms with E-state index in [1.165, 1.54) is 54.6 Å². The molecule has 1 atom stereocenters. The van der Waals surface area contributed by atoms with E-state index >= 15 is 0 Å². The van der Waals surface area contributed by atoms with Gasteiger partial charge in [-0.1, -0.05) is 85.8 Å². The number of aromatic nitrogens is 2. The third kappa shape index (κ3) is 2.97. The molecule has 8 aromatic rings. The SMILES string of the molecule is CCc1nc2ccccc2n1-c1ccc2c(c1)C1(c3ccccc3-2)c2ccccc2-c2c1ccc1sc3cccc(C#N)c3c21. The monoisotopic (exact) mass is 591 g/mol. The second-order valence-corrected chi connectivity index (χ2v) is 13.1. The third-order valence-electron chi connectivity index (χ3n) is 10.0.